The molecule has 0 spiro atoms. The summed E-state index contributed by atoms with van der Waals surface area (Å²) < 4.78 is 1.87. The van der Waals surface area contributed by atoms with Gasteiger partial charge in [-0.2, -0.15) is 5.10 Å². The molecule has 1 aliphatic carbocycles. The summed E-state index contributed by atoms with van der Waals surface area (Å²) in [5.41, 5.74) is 2.47. The molecule has 2 N–H and O–H groups in total. The second kappa shape index (κ2) is 7.27. The fourth-order valence-corrected chi connectivity index (χ4v) is 3.82. The second-order valence-corrected chi connectivity index (χ2v) is 6.96. The molecule has 0 saturated heterocycles. The molecule has 1 saturated carbocycles. The maximum atomic E-state index is 12.9. The average Bonchev–Trinajstić information content (AvgIpc) is 3.33. The molecule has 7 nitrogen and oxygen atoms in total. The molecule has 1 unspecified atom stereocenters. The smallest absolute Gasteiger partial charge is 0.255 e. The van der Waals surface area contributed by atoms with Crippen molar-refractivity contribution in [3.05, 3.63) is 47.8 Å². The van der Waals surface area contributed by atoms with Gasteiger partial charge in [-0.15, -0.1) is 0 Å². The Kier molecular flexibility index (Phi) is 4.69. The quantitative estimate of drug-likeness (QED) is 0.737. The van der Waals surface area contributed by atoms with E-state index in [1.54, 1.807) is 12.4 Å². The standard InChI is InChI=1S/C19H24N6O/c1-2-15(16-12-25-10-6-9-20-19(25)23-16)22-18(26)14-11-21-24-17(14)13-7-4-3-5-8-13/h6,9-13,15H,2-5,7-8H2,1H3,(H,21,24)(H,22,26). The van der Waals surface area contributed by atoms with E-state index in [0.29, 0.717) is 17.3 Å². The molecular weight excluding hydrogens is 328 g/mol. The number of fused-ring (bicyclic) bond motifs is 1. The number of aromatic amines is 1. The number of carbonyl (C=O) groups excluding carboxylic acids is 1. The van der Waals surface area contributed by atoms with Crippen molar-refractivity contribution in [3.8, 4) is 0 Å². The number of hydrogen-bond donors (Lipinski definition) is 2. The highest BCUT2D eigenvalue weighted by atomic mass is 16.1. The van der Waals surface area contributed by atoms with E-state index in [4.69, 9.17) is 0 Å². The predicted molar refractivity (Wildman–Crippen MR) is 97.9 cm³/mol. The minimum absolute atomic E-state index is 0.0869. The highest BCUT2D eigenvalue weighted by molar-refractivity contribution is 5.95. The Labute approximate surface area is 152 Å². The number of nitrogens with one attached hydrogen (secondary N) is 2. The average molecular weight is 352 g/mol. The van der Waals surface area contributed by atoms with Crippen LogP contribution in [-0.4, -0.2) is 30.5 Å². The summed E-state index contributed by atoms with van der Waals surface area (Å²) in [7, 11) is 0. The van der Waals surface area contributed by atoms with Gasteiger partial charge in [0, 0.05) is 24.5 Å². The van der Waals surface area contributed by atoms with Crippen LogP contribution in [0.15, 0.2) is 30.9 Å². The zero-order valence-corrected chi connectivity index (χ0v) is 15.0. The van der Waals surface area contributed by atoms with Gasteiger partial charge in [0.2, 0.25) is 5.78 Å². The third-order valence-corrected chi connectivity index (χ3v) is 5.25. The van der Waals surface area contributed by atoms with Crippen LogP contribution in [0.1, 0.15) is 79.2 Å². The molecule has 0 bridgehead atoms. The summed E-state index contributed by atoms with van der Waals surface area (Å²) >= 11 is 0. The van der Waals surface area contributed by atoms with Gasteiger partial charge in [-0.1, -0.05) is 26.2 Å². The van der Waals surface area contributed by atoms with Crippen molar-refractivity contribution >= 4 is 11.7 Å². The first kappa shape index (κ1) is 16.8. The van der Waals surface area contributed by atoms with Crippen molar-refractivity contribution < 1.29 is 4.79 Å². The molecule has 0 aromatic carbocycles. The van der Waals surface area contributed by atoms with Gasteiger partial charge in [0.15, 0.2) is 0 Å². The van der Waals surface area contributed by atoms with Crippen molar-refractivity contribution in [2.75, 3.05) is 0 Å². The minimum atomic E-state index is -0.154. The first-order valence-corrected chi connectivity index (χ1v) is 9.40. The lowest BCUT2D eigenvalue weighted by Crippen LogP contribution is -2.29. The highest BCUT2D eigenvalue weighted by Gasteiger charge is 2.25. The van der Waals surface area contributed by atoms with Gasteiger partial charge >= 0.3 is 0 Å². The van der Waals surface area contributed by atoms with E-state index in [1.165, 1.54) is 19.3 Å². The van der Waals surface area contributed by atoms with Crippen LogP contribution in [0.5, 0.6) is 0 Å². The Hall–Kier alpha value is -2.70. The number of hydrogen-bond acceptors (Lipinski definition) is 4. The van der Waals surface area contributed by atoms with Gasteiger partial charge in [-0.25, -0.2) is 9.97 Å². The fraction of sp³-hybridized carbons (Fsp3) is 0.474. The second-order valence-electron chi connectivity index (χ2n) is 6.96. The van der Waals surface area contributed by atoms with Gasteiger partial charge in [-0.05, 0) is 25.3 Å². The minimum Gasteiger partial charge on any atom is -0.344 e. The van der Waals surface area contributed by atoms with Crippen LogP contribution in [0.25, 0.3) is 5.78 Å². The molecule has 1 amide bonds. The van der Waals surface area contributed by atoms with Crippen LogP contribution in [0.4, 0.5) is 0 Å². The van der Waals surface area contributed by atoms with Crippen LogP contribution in [0.3, 0.4) is 0 Å². The van der Waals surface area contributed by atoms with Crippen LogP contribution in [-0.2, 0) is 0 Å². The normalized spacial score (nSPS) is 16.7. The van der Waals surface area contributed by atoms with Gasteiger partial charge in [0.05, 0.1) is 29.2 Å². The number of nitrogens with zero attached hydrogens (tertiary/aromatic N) is 4. The molecule has 3 aromatic heterocycles. The zero-order valence-electron chi connectivity index (χ0n) is 15.0. The van der Waals surface area contributed by atoms with E-state index in [9.17, 15) is 4.79 Å². The first-order chi connectivity index (χ1) is 12.8. The van der Waals surface area contributed by atoms with Gasteiger partial charge in [-0.3, -0.25) is 14.3 Å². The molecule has 7 heteroatoms. The molecule has 1 atom stereocenters. The molecule has 3 heterocycles. The van der Waals surface area contributed by atoms with E-state index < -0.39 is 0 Å². The molecule has 136 valence electrons. The van der Waals surface area contributed by atoms with Crippen molar-refractivity contribution in [3.63, 3.8) is 0 Å². The SMILES string of the molecule is CCC(NC(=O)c1cn[nH]c1C1CCCCC1)c1cn2cccnc2n1. The zero-order chi connectivity index (χ0) is 17.9. The van der Waals surface area contributed by atoms with Gasteiger partial charge < -0.3 is 5.32 Å². The summed E-state index contributed by atoms with van der Waals surface area (Å²) in [5.74, 6) is 0.962. The Morgan fingerprint density at radius 3 is 3.00 bits per heavy atom. The third-order valence-electron chi connectivity index (χ3n) is 5.25. The predicted octanol–water partition coefficient (Wildman–Crippen LogP) is 3.38. The summed E-state index contributed by atoms with van der Waals surface area (Å²) in [6, 6.07) is 1.71. The number of amides is 1. The van der Waals surface area contributed by atoms with Crippen LogP contribution >= 0.6 is 0 Å². The summed E-state index contributed by atoms with van der Waals surface area (Å²) in [4.78, 5) is 21.7. The number of carbonyl (C=O) groups is 1. The molecule has 3 aromatic rings. The van der Waals surface area contributed by atoms with Crippen LogP contribution < -0.4 is 5.32 Å². The lowest BCUT2D eigenvalue weighted by Gasteiger charge is -2.22. The summed E-state index contributed by atoms with van der Waals surface area (Å²) in [5, 5.41) is 10.3. The Morgan fingerprint density at radius 2 is 2.23 bits per heavy atom. The maximum Gasteiger partial charge on any atom is 0.255 e. The van der Waals surface area contributed by atoms with E-state index in [1.807, 2.05) is 29.8 Å². The van der Waals surface area contributed by atoms with E-state index in [2.05, 4.69) is 25.5 Å². The number of imidazole rings is 1. The lowest BCUT2D eigenvalue weighted by molar-refractivity contribution is 0.0933. The Bertz CT molecular complexity index is 859. The van der Waals surface area contributed by atoms with Crippen molar-refractivity contribution in [1.29, 1.82) is 0 Å². The van der Waals surface area contributed by atoms with E-state index in [-0.39, 0.29) is 11.9 Å². The van der Waals surface area contributed by atoms with Crippen LogP contribution in [0.2, 0.25) is 0 Å². The van der Waals surface area contributed by atoms with Crippen molar-refractivity contribution in [2.45, 2.75) is 57.4 Å². The van der Waals surface area contributed by atoms with E-state index in [0.717, 1.165) is 30.7 Å². The van der Waals surface area contributed by atoms with Gasteiger partial charge in [0.25, 0.3) is 5.91 Å². The van der Waals surface area contributed by atoms with Gasteiger partial charge in [0.1, 0.15) is 0 Å². The molecule has 0 aliphatic heterocycles. The fourth-order valence-electron chi connectivity index (χ4n) is 3.82. The molecule has 26 heavy (non-hydrogen) atoms. The molecule has 4 rings (SSSR count). The monoisotopic (exact) mass is 352 g/mol. The van der Waals surface area contributed by atoms with Crippen LogP contribution in [0, 0.1) is 0 Å². The molecule has 1 fully saturated rings. The Balaban J connectivity index is 1.54. The van der Waals surface area contributed by atoms with E-state index >= 15 is 0 Å². The number of rotatable bonds is 5. The topological polar surface area (TPSA) is 88.0 Å². The molecule has 1 aliphatic rings. The molecule has 0 radical (unpaired) electrons. The lowest BCUT2D eigenvalue weighted by atomic mass is 9.85. The Morgan fingerprint density at radius 1 is 1.38 bits per heavy atom. The summed E-state index contributed by atoms with van der Waals surface area (Å²) in [6.07, 6.45) is 13.9. The highest BCUT2D eigenvalue weighted by Crippen LogP contribution is 2.33. The number of aromatic nitrogens is 5. The summed E-state index contributed by atoms with van der Waals surface area (Å²) in [6.45, 7) is 2.04. The number of H-pyrrole nitrogens is 1. The third kappa shape index (κ3) is 3.21. The van der Waals surface area contributed by atoms with Crippen molar-refractivity contribution in [1.82, 2.24) is 29.9 Å². The molecular formula is C19H24N6O. The van der Waals surface area contributed by atoms with Crippen molar-refractivity contribution in [2.24, 2.45) is 0 Å². The first-order valence-electron chi connectivity index (χ1n) is 9.40. The largest absolute Gasteiger partial charge is 0.344 e. The maximum absolute atomic E-state index is 12.9.